The summed E-state index contributed by atoms with van der Waals surface area (Å²) in [6, 6.07) is 2.47. The molecule has 25 heavy (non-hydrogen) atoms. The molecule has 5 heterocycles. The molecular weight excluding hydrogens is 336 g/mol. The first-order valence-corrected chi connectivity index (χ1v) is 8.92. The number of hydrogen-bond donors (Lipinski definition) is 0. The van der Waals surface area contributed by atoms with E-state index in [4.69, 9.17) is 0 Å². The zero-order chi connectivity index (χ0) is 17.0. The normalized spacial score (nSPS) is 15.0. The van der Waals surface area contributed by atoms with E-state index in [1.54, 1.807) is 23.9 Å². The Balaban J connectivity index is 1.40. The van der Waals surface area contributed by atoms with Gasteiger partial charge < -0.3 is 9.80 Å². The van der Waals surface area contributed by atoms with Gasteiger partial charge in [0.25, 0.3) is 0 Å². The Morgan fingerprint density at radius 3 is 2.96 bits per heavy atom. The first kappa shape index (κ1) is 14.5. The Morgan fingerprint density at radius 2 is 2.08 bits per heavy atom. The van der Waals surface area contributed by atoms with Crippen molar-refractivity contribution >= 4 is 38.8 Å². The van der Waals surface area contributed by atoms with Gasteiger partial charge in [0.2, 0.25) is 5.65 Å². The first-order chi connectivity index (χ1) is 12.2. The van der Waals surface area contributed by atoms with Gasteiger partial charge in [-0.15, -0.1) is 21.5 Å². The van der Waals surface area contributed by atoms with Gasteiger partial charge in [0, 0.05) is 32.5 Å². The summed E-state index contributed by atoms with van der Waals surface area (Å²) in [5.74, 6) is 2.74. The third kappa shape index (κ3) is 2.15. The lowest BCUT2D eigenvalue weighted by Crippen LogP contribution is -2.59. The molecule has 4 aromatic rings. The molecule has 0 atom stereocenters. The van der Waals surface area contributed by atoms with Crippen molar-refractivity contribution in [3.63, 3.8) is 0 Å². The summed E-state index contributed by atoms with van der Waals surface area (Å²) >= 11 is 1.64. The molecule has 0 unspecified atom stereocenters. The van der Waals surface area contributed by atoms with Gasteiger partial charge in [-0.05, 0) is 18.4 Å². The molecule has 4 aromatic heterocycles. The number of aromatic nitrogens is 6. The van der Waals surface area contributed by atoms with Gasteiger partial charge in [-0.25, -0.2) is 15.0 Å². The van der Waals surface area contributed by atoms with E-state index in [1.807, 2.05) is 17.5 Å². The molecule has 0 radical (unpaired) electrons. The molecule has 1 fully saturated rings. The van der Waals surface area contributed by atoms with Crippen molar-refractivity contribution in [2.24, 2.45) is 0 Å². The summed E-state index contributed by atoms with van der Waals surface area (Å²) in [4.78, 5) is 18.8. The molecule has 0 aliphatic carbocycles. The Morgan fingerprint density at radius 1 is 1.20 bits per heavy atom. The van der Waals surface area contributed by atoms with Gasteiger partial charge >= 0.3 is 0 Å². The van der Waals surface area contributed by atoms with Crippen molar-refractivity contribution in [2.45, 2.75) is 13.0 Å². The number of thiophene rings is 1. The lowest BCUT2D eigenvalue weighted by Gasteiger charge is -2.45. The van der Waals surface area contributed by atoms with Gasteiger partial charge in [0.05, 0.1) is 11.4 Å². The molecule has 0 N–H and O–H groups in total. The standard InChI is InChI=1S/C16H16N8S/c1-10-20-21-15-14(17-4-5-24(10)15)23-7-11(8-23)22(2)13-12-3-6-25-16(12)19-9-18-13/h3-6,9,11H,7-8H2,1-2H3. The third-order valence-corrected chi connectivity index (χ3v) is 5.58. The molecule has 0 saturated carbocycles. The topological polar surface area (TPSA) is 75.3 Å². The number of rotatable bonds is 3. The second-order valence-corrected chi connectivity index (χ2v) is 7.09. The second kappa shape index (κ2) is 5.35. The molecule has 0 bridgehead atoms. The molecular formula is C16H16N8S. The van der Waals surface area contributed by atoms with Gasteiger partial charge in [-0.1, -0.05) is 0 Å². The molecule has 0 amide bonds. The van der Waals surface area contributed by atoms with Crippen LogP contribution in [-0.2, 0) is 0 Å². The van der Waals surface area contributed by atoms with E-state index in [2.05, 4.69) is 53.4 Å². The molecule has 0 spiro atoms. The van der Waals surface area contributed by atoms with Crippen LogP contribution >= 0.6 is 11.3 Å². The Labute approximate surface area is 147 Å². The Hall–Kier alpha value is -2.81. The van der Waals surface area contributed by atoms with Crippen molar-refractivity contribution in [3.8, 4) is 0 Å². The summed E-state index contributed by atoms with van der Waals surface area (Å²) in [5, 5.41) is 11.6. The highest BCUT2D eigenvalue weighted by atomic mass is 32.1. The summed E-state index contributed by atoms with van der Waals surface area (Å²) in [6.45, 7) is 3.70. The van der Waals surface area contributed by atoms with Crippen LogP contribution in [0.15, 0.2) is 30.2 Å². The SMILES string of the molecule is Cc1nnc2c(N3CC(N(C)c4ncnc5sccc45)C3)nccn12. The van der Waals surface area contributed by atoms with Crippen molar-refractivity contribution in [1.82, 2.24) is 29.5 Å². The number of aryl methyl sites for hydroxylation is 1. The quantitative estimate of drug-likeness (QED) is 0.556. The summed E-state index contributed by atoms with van der Waals surface area (Å²) < 4.78 is 1.97. The monoisotopic (exact) mass is 352 g/mol. The number of anilines is 2. The fourth-order valence-corrected chi connectivity index (χ4v) is 3.98. The van der Waals surface area contributed by atoms with Crippen LogP contribution in [0.5, 0.6) is 0 Å². The van der Waals surface area contributed by atoms with Gasteiger partial charge in [0.15, 0.2) is 5.82 Å². The van der Waals surface area contributed by atoms with Gasteiger partial charge in [0.1, 0.15) is 22.8 Å². The fraction of sp³-hybridized carbons (Fsp3) is 0.312. The van der Waals surface area contributed by atoms with Crippen LogP contribution in [0, 0.1) is 6.92 Å². The van der Waals surface area contributed by atoms with Crippen molar-refractivity contribution in [2.75, 3.05) is 29.9 Å². The van der Waals surface area contributed by atoms with Crippen LogP contribution in [0.4, 0.5) is 11.6 Å². The molecule has 5 rings (SSSR count). The second-order valence-electron chi connectivity index (χ2n) is 6.20. The summed E-state index contributed by atoms with van der Waals surface area (Å²) in [5.41, 5.74) is 0.809. The first-order valence-electron chi connectivity index (χ1n) is 8.04. The maximum absolute atomic E-state index is 4.51. The van der Waals surface area contributed by atoms with E-state index in [-0.39, 0.29) is 0 Å². The van der Waals surface area contributed by atoms with Gasteiger partial charge in [-0.2, -0.15) is 0 Å². The average Bonchev–Trinajstić information content (AvgIpc) is 3.20. The highest BCUT2D eigenvalue weighted by Gasteiger charge is 2.33. The van der Waals surface area contributed by atoms with E-state index < -0.39 is 0 Å². The van der Waals surface area contributed by atoms with Crippen LogP contribution < -0.4 is 9.80 Å². The zero-order valence-electron chi connectivity index (χ0n) is 13.9. The molecule has 8 nitrogen and oxygen atoms in total. The molecule has 0 aromatic carbocycles. The minimum absolute atomic E-state index is 0.379. The van der Waals surface area contributed by atoms with E-state index in [0.717, 1.165) is 46.4 Å². The van der Waals surface area contributed by atoms with Gasteiger partial charge in [-0.3, -0.25) is 4.40 Å². The van der Waals surface area contributed by atoms with Crippen molar-refractivity contribution in [3.05, 3.63) is 36.0 Å². The van der Waals surface area contributed by atoms with Crippen molar-refractivity contribution < 1.29 is 0 Å². The van der Waals surface area contributed by atoms with Crippen LogP contribution in [0.25, 0.3) is 15.9 Å². The van der Waals surface area contributed by atoms with Crippen LogP contribution in [0.1, 0.15) is 5.82 Å². The zero-order valence-corrected chi connectivity index (χ0v) is 14.7. The summed E-state index contributed by atoms with van der Waals surface area (Å²) in [7, 11) is 2.09. The highest BCUT2D eigenvalue weighted by molar-refractivity contribution is 7.16. The predicted octanol–water partition coefficient (Wildman–Crippen LogP) is 1.76. The highest BCUT2D eigenvalue weighted by Crippen LogP contribution is 2.31. The van der Waals surface area contributed by atoms with Crippen LogP contribution in [0.2, 0.25) is 0 Å². The van der Waals surface area contributed by atoms with E-state index in [9.17, 15) is 0 Å². The predicted molar refractivity (Wildman–Crippen MR) is 97.3 cm³/mol. The molecule has 9 heteroatoms. The van der Waals surface area contributed by atoms with Crippen LogP contribution in [0.3, 0.4) is 0 Å². The van der Waals surface area contributed by atoms with E-state index in [1.165, 1.54) is 0 Å². The molecule has 126 valence electrons. The Bertz CT molecular complexity index is 1060. The lowest BCUT2D eigenvalue weighted by molar-refractivity contribution is 0.491. The fourth-order valence-electron chi connectivity index (χ4n) is 3.26. The maximum atomic E-state index is 4.51. The smallest absolute Gasteiger partial charge is 0.203 e. The molecule has 1 aliphatic heterocycles. The maximum Gasteiger partial charge on any atom is 0.203 e. The average molecular weight is 352 g/mol. The van der Waals surface area contributed by atoms with Crippen molar-refractivity contribution in [1.29, 1.82) is 0 Å². The molecule has 1 saturated heterocycles. The minimum Gasteiger partial charge on any atom is -0.352 e. The van der Waals surface area contributed by atoms with E-state index >= 15 is 0 Å². The van der Waals surface area contributed by atoms with Crippen LogP contribution in [-0.4, -0.2) is 55.7 Å². The number of likely N-dealkylation sites (N-methyl/N-ethyl adjacent to an activating group) is 1. The number of fused-ring (bicyclic) bond motifs is 2. The summed E-state index contributed by atoms with van der Waals surface area (Å²) in [6.07, 6.45) is 5.34. The minimum atomic E-state index is 0.379. The molecule has 1 aliphatic rings. The Kier molecular flexibility index (Phi) is 3.11. The third-order valence-electron chi connectivity index (χ3n) is 4.76. The lowest BCUT2D eigenvalue weighted by atomic mass is 10.1. The largest absolute Gasteiger partial charge is 0.352 e. The number of nitrogens with zero attached hydrogens (tertiary/aromatic N) is 8. The van der Waals surface area contributed by atoms with E-state index in [0.29, 0.717) is 6.04 Å². The number of hydrogen-bond acceptors (Lipinski definition) is 8.